The number of amides is 1. The van der Waals surface area contributed by atoms with E-state index in [1.54, 1.807) is 31.4 Å². The molecule has 2 heterocycles. The van der Waals surface area contributed by atoms with E-state index in [1.807, 2.05) is 0 Å². The number of carbonyl (C=O) groups excluding carboxylic acids is 1. The van der Waals surface area contributed by atoms with E-state index in [1.165, 1.54) is 5.69 Å². The molecule has 1 amide bonds. The molecule has 43 heavy (non-hydrogen) atoms. The molecular formula is C33H37F2N5O3. The zero-order valence-electron chi connectivity index (χ0n) is 24.3. The Labute approximate surface area is 250 Å². The van der Waals surface area contributed by atoms with Crippen molar-refractivity contribution in [3.63, 3.8) is 0 Å². The smallest absolute Gasteiger partial charge is 0.251 e. The average Bonchev–Trinajstić information content (AvgIpc) is 3.48. The number of hydrogen-bond donors (Lipinski definition) is 2. The first kappa shape index (κ1) is 28.9. The number of nitrogens with zero attached hydrogens (tertiary/aromatic N) is 3. The van der Waals surface area contributed by atoms with Crippen molar-refractivity contribution in [3.8, 4) is 11.5 Å². The molecule has 4 aromatic rings. The highest BCUT2D eigenvalue weighted by Gasteiger charge is 2.25. The number of aromatic nitrogens is 2. The summed E-state index contributed by atoms with van der Waals surface area (Å²) in [5, 5.41) is 12.3. The SMILES string of the molecule is COc1ccc(COc2c(F)cc(C(=O)NCC3CCC(n4cc5ccc(N6CCNCC6)cc5n4)CC3)cc2F)cc1. The van der Waals surface area contributed by atoms with E-state index in [0.717, 1.165) is 80.5 Å². The summed E-state index contributed by atoms with van der Waals surface area (Å²) in [5.74, 6) is -1.85. The molecule has 0 atom stereocenters. The van der Waals surface area contributed by atoms with Crippen molar-refractivity contribution in [2.45, 2.75) is 38.3 Å². The van der Waals surface area contributed by atoms with Crippen LogP contribution in [-0.4, -0.2) is 55.5 Å². The normalized spacial score (nSPS) is 18.9. The van der Waals surface area contributed by atoms with Crippen molar-refractivity contribution in [2.24, 2.45) is 5.92 Å². The Morgan fingerprint density at radius 2 is 1.72 bits per heavy atom. The number of carbonyl (C=O) groups is 1. The van der Waals surface area contributed by atoms with Crippen LogP contribution in [0.15, 0.2) is 60.8 Å². The molecular weight excluding hydrogens is 552 g/mol. The van der Waals surface area contributed by atoms with E-state index in [2.05, 4.69) is 44.6 Å². The zero-order valence-corrected chi connectivity index (χ0v) is 24.3. The Hall–Kier alpha value is -4.18. The Bertz CT molecular complexity index is 1540. The highest BCUT2D eigenvalue weighted by atomic mass is 19.1. The van der Waals surface area contributed by atoms with Crippen LogP contribution in [0.4, 0.5) is 14.5 Å². The summed E-state index contributed by atoms with van der Waals surface area (Å²) in [6.07, 6.45) is 5.94. The molecule has 0 bridgehead atoms. The van der Waals surface area contributed by atoms with Crippen molar-refractivity contribution in [2.75, 3.05) is 44.7 Å². The van der Waals surface area contributed by atoms with Crippen molar-refractivity contribution in [1.29, 1.82) is 0 Å². The average molecular weight is 590 g/mol. The Kier molecular flexibility index (Phi) is 8.74. The van der Waals surface area contributed by atoms with Gasteiger partial charge in [-0.3, -0.25) is 9.48 Å². The number of rotatable bonds is 9. The molecule has 0 radical (unpaired) electrons. The lowest BCUT2D eigenvalue weighted by molar-refractivity contribution is 0.0940. The van der Waals surface area contributed by atoms with E-state index >= 15 is 0 Å². The second-order valence-corrected chi connectivity index (χ2v) is 11.4. The van der Waals surface area contributed by atoms with Crippen LogP contribution in [0.1, 0.15) is 47.6 Å². The largest absolute Gasteiger partial charge is 0.497 e. The summed E-state index contributed by atoms with van der Waals surface area (Å²) in [4.78, 5) is 15.1. The van der Waals surface area contributed by atoms with E-state index in [9.17, 15) is 13.6 Å². The Balaban J connectivity index is 0.993. The van der Waals surface area contributed by atoms with Gasteiger partial charge in [-0.2, -0.15) is 5.10 Å². The van der Waals surface area contributed by atoms with Crippen molar-refractivity contribution >= 4 is 22.5 Å². The van der Waals surface area contributed by atoms with Gasteiger partial charge in [0.25, 0.3) is 5.91 Å². The third kappa shape index (κ3) is 6.74. The van der Waals surface area contributed by atoms with Crippen LogP contribution in [0.25, 0.3) is 10.9 Å². The lowest BCUT2D eigenvalue weighted by atomic mass is 9.86. The second-order valence-electron chi connectivity index (χ2n) is 11.4. The fourth-order valence-electron chi connectivity index (χ4n) is 5.99. The zero-order chi connectivity index (χ0) is 29.8. The summed E-state index contributed by atoms with van der Waals surface area (Å²) < 4.78 is 42.0. The van der Waals surface area contributed by atoms with Crippen LogP contribution in [-0.2, 0) is 6.61 Å². The standard InChI is InChI=1S/C33H37F2N5O3/c1-42-28-10-4-23(5-11-28)21-43-32-29(34)16-25(17-30(32)35)33(41)37-19-22-2-7-26(8-3-22)40-20-24-6-9-27(18-31(24)38-40)39-14-12-36-13-15-39/h4-6,9-11,16-18,20,22,26,36H,2-3,7-8,12-15,19,21H2,1H3,(H,37,41). The summed E-state index contributed by atoms with van der Waals surface area (Å²) >= 11 is 0. The van der Waals surface area contributed by atoms with Gasteiger partial charge in [0, 0.05) is 55.6 Å². The minimum atomic E-state index is -0.911. The first-order chi connectivity index (χ1) is 21.0. The van der Waals surface area contributed by atoms with Gasteiger partial charge in [0.1, 0.15) is 12.4 Å². The number of ether oxygens (including phenoxy) is 2. The number of hydrogen-bond acceptors (Lipinski definition) is 6. The lowest BCUT2D eigenvalue weighted by Gasteiger charge is -2.29. The molecule has 1 saturated carbocycles. The van der Waals surface area contributed by atoms with Gasteiger partial charge in [-0.05, 0) is 79.6 Å². The molecule has 2 N–H and O–H groups in total. The molecule has 6 rings (SSSR count). The lowest BCUT2D eigenvalue weighted by Crippen LogP contribution is -2.43. The van der Waals surface area contributed by atoms with E-state index in [-0.39, 0.29) is 12.2 Å². The first-order valence-corrected chi connectivity index (χ1v) is 14.9. The molecule has 10 heteroatoms. The van der Waals surface area contributed by atoms with Gasteiger partial charge in [0.05, 0.1) is 18.7 Å². The number of anilines is 1. The van der Waals surface area contributed by atoms with Crippen molar-refractivity contribution in [1.82, 2.24) is 20.4 Å². The van der Waals surface area contributed by atoms with Gasteiger partial charge in [0.15, 0.2) is 17.4 Å². The van der Waals surface area contributed by atoms with Gasteiger partial charge in [0.2, 0.25) is 0 Å². The molecule has 226 valence electrons. The monoisotopic (exact) mass is 589 g/mol. The molecule has 3 aromatic carbocycles. The fourth-order valence-corrected chi connectivity index (χ4v) is 5.99. The van der Waals surface area contributed by atoms with Crippen molar-refractivity contribution < 1.29 is 23.0 Å². The van der Waals surface area contributed by atoms with Crippen LogP contribution in [0, 0.1) is 17.6 Å². The summed E-state index contributed by atoms with van der Waals surface area (Å²) in [5.41, 5.74) is 2.90. The van der Waals surface area contributed by atoms with Crippen molar-refractivity contribution in [3.05, 3.63) is 83.6 Å². The highest BCUT2D eigenvalue weighted by molar-refractivity contribution is 5.94. The minimum absolute atomic E-state index is 0.0157. The summed E-state index contributed by atoms with van der Waals surface area (Å²) in [7, 11) is 1.56. The number of halogens is 2. The maximum absolute atomic E-state index is 14.7. The first-order valence-electron chi connectivity index (χ1n) is 14.9. The van der Waals surface area contributed by atoms with Crippen LogP contribution < -0.4 is 25.0 Å². The number of methoxy groups -OCH3 is 1. The molecule has 0 spiro atoms. The van der Waals surface area contributed by atoms with Gasteiger partial charge < -0.3 is 25.0 Å². The minimum Gasteiger partial charge on any atom is -0.497 e. The van der Waals surface area contributed by atoms with Crippen LogP contribution in [0.2, 0.25) is 0 Å². The number of benzene rings is 3. The van der Waals surface area contributed by atoms with Gasteiger partial charge >= 0.3 is 0 Å². The molecule has 1 saturated heterocycles. The van der Waals surface area contributed by atoms with E-state index < -0.39 is 23.3 Å². The number of nitrogens with one attached hydrogen (secondary N) is 2. The van der Waals surface area contributed by atoms with Gasteiger partial charge in [-0.15, -0.1) is 0 Å². The fraction of sp³-hybridized carbons (Fsp3) is 0.394. The summed E-state index contributed by atoms with van der Waals surface area (Å²) in [6.45, 7) is 4.44. The molecule has 2 fully saturated rings. The highest BCUT2D eigenvalue weighted by Crippen LogP contribution is 2.33. The summed E-state index contributed by atoms with van der Waals surface area (Å²) in [6, 6.07) is 15.9. The maximum Gasteiger partial charge on any atom is 0.251 e. The second kappa shape index (κ2) is 13.0. The molecule has 1 aliphatic heterocycles. The van der Waals surface area contributed by atoms with Crippen LogP contribution in [0.3, 0.4) is 0 Å². The third-order valence-electron chi connectivity index (χ3n) is 8.54. The molecule has 1 aliphatic carbocycles. The Morgan fingerprint density at radius 3 is 2.42 bits per heavy atom. The topological polar surface area (TPSA) is 80.7 Å². The quantitative estimate of drug-likeness (QED) is 0.270. The van der Waals surface area contributed by atoms with Gasteiger partial charge in [-0.25, -0.2) is 8.78 Å². The van der Waals surface area contributed by atoms with Crippen LogP contribution in [0.5, 0.6) is 11.5 Å². The van der Waals surface area contributed by atoms with Gasteiger partial charge in [-0.1, -0.05) is 12.1 Å². The number of piperazine rings is 1. The number of fused-ring (bicyclic) bond motifs is 1. The van der Waals surface area contributed by atoms with Crippen LogP contribution >= 0.6 is 0 Å². The van der Waals surface area contributed by atoms with E-state index in [4.69, 9.17) is 14.6 Å². The predicted octanol–water partition coefficient (Wildman–Crippen LogP) is 5.47. The molecule has 1 aromatic heterocycles. The molecule has 8 nitrogen and oxygen atoms in total. The van der Waals surface area contributed by atoms with E-state index in [0.29, 0.717) is 24.3 Å². The third-order valence-corrected chi connectivity index (χ3v) is 8.54. The Morgan fingerprint density at radius 1 is 1.00 bits per heavy atom. The molecule has 0 unspecified atom stereocenters. The predicted molar refractivity (Wildman–Crippen MR) is 162 cm³/mol. The maximum atomic E-state index is 14.7. The molecule has 2 aliphatic rings.